The van der Waals surface area contributed by atoms with Crippen LogP contribution in [0.3, 0.4) is 0 Å². The number of hydrogen-bond donors (Lipinski definition) is 0. The Balaban J connectivity index is -0.00000108. The zero-order valence-electron chi connectivity index (χ0n) is 20.9. The van der Waals surface area contributed by atoms with Crippen LogP contribution in [-0.4, -0.2) is 0 Å². The fraction of sp³-hybridized carbons (Fsp3) is 1.00. The van der Waals surface area contributed by atoms with Crippen molar-refractivity contribution in [3.8, 4) is 0 Å². The molecular weight excluding hydrogens is 324 g/mol. The molecule has 0 heteroatoms. The average molecular weight is 385 g/mol. The monoisotopic (exact) mass is 384 g/mol. The van der Waals surface area contributed by atoms with E-state index in [0.29, 0.717) is 5.41 Å². The Kier molecular flexibility index (Phi) is 19.8. The lowest BCUT2D eigenvalue weighted by Gasteiger charge is -2.49. The molecule has 0 heterocycles. The molecule has 3 unspecified atom stereocenters. The van der Waals surface area contributed by atoms with Crippen molar-refractivity contribution >= 4 is 0 Å². The molecule has 0 amide bonds. The molecular formula is C27H60. The van der Waals surface area contributed by atoms with E-state index in [4.69, 9.17) is 0 Å². The van der Waals surface area contributed by atoms with E-state index in [1.165, 1.54) is 44.9 Å². The summed E-state index contributed by atoms with van der Waals surface area (Å²) in [4.78, 5) is 0. The van der Waals surface area contributed by atoms with Gasteiger partial charge in [-0.1, -0.05) is 123 Å². The van der Waals surface area contributed by atoms with Crippen molar-refractivity contribution in [2.75, 3.05) is 0 Å². The van der Waals surface area contributed by atoms with Crippen LogP contribution < -0.4 is 0 Å². The van der Waals surface area contributed by atoms with Crippen molar-refractivity contribution in [2.45, 2.75) is 135 Å². The molecule has 0 aliphatic heterocycles. The van der Waals surface area contributed by atoms with E-state index in [9.17, 15) is 0 Å². The van der Waals surface area contributed by atoms with Gasteiger partial charge in [0.05, 0.1) is 0 Å². The maximum absolute atomic E-state index is 2.51. The second kappa shape index (κ2) is 16.9. The standard InChI is InChI=1S/C22H44.2C2H6.CH4/c1-9-11-12-13-18-14-19(15-18)21(16(3)4)20(10-2)17(5)22(6,7)8;2*1-2;/h16-21H,9-15H2,1-8H3;2*1-2H3;1H4. The molecule has 0 N–H and O–H groups in total. The van der Waals surface area contributed by atoms with Crippen LogP contribution in [0.1, 0.15) is 135 Å². The van der Waals surface area contributed by atoms with Crippen molar-refractivity contribution in [3.63, 3.8) is 0 Å². The van der Waals surface area contributed by atoms with Gasteiger partial charge in [0.1, 0.15) is 0 Å². The largest absolute Gasteiger partial charge is 0.0776 e. The third-order valence-electron chi connectivity index (χ3n) is 6.78. The summed E-state index contributed by atoms with van der Waals surface area (Å²) in [7, 11) is 0. The highest BCUT2D eigenvalue weighted by Gasteiger charge is 2.42. The Hall–Kier alpha value is 0. The molecule has 168 valence electrons. The second-order valence-corrected chi connectivity index (χ2v) is 9.64. The minimum Gasteiger partial charge on any atom is -0.0776 e. The summed E-state index contributed by atoms with van der Waals surface area (Å²) in [5.74, 6) is 5.59. The van der Waals surface area contributed by atoms with Gasteiger partial charge in [-0.2, -0.15) is 0 Å². The maximum atomic E-state index is 2.51. The van der Waals surface area contributed by atoms with Gasteiger partial charge in [-0.05, 0) is 53.8 Å². The first-order valence-electron chi connectivity index (χ1n) is 12.2. The Labute approximate surface area is 176 Å². The fourth-order valence-electron chi connectivity index (χ4n) is 5.01. The zero-order valence-corrected chi connectivity index (χ0v) is 20.9. The van der Waals surface area contributed by atoms with Gasteiger partial charge in [-0.25, -0.2) is 0 Å². The normalized spacial score (nSPS) is 22.1. The predicted octanol–water partition coefficient (Wildman–Crippen LogP) is 10.3. The summed E-state index contributed by atoms with van der Waals surface area (Å²) in [5, 5.41) is 0. The summed E-state index contributed by atoms with van der Waals surface area (Å²) in [6.07, 6.45) is 10.2. The first-order chi connectivity index (χ1) is 12.2. The highest BCUT2D eigenvalue weighted by molar-refractivity contribution is 4.92. The number of hydrogen-bond acceptors (Lipinski definition) is 0. The minimum atomic E-state index is 0. The highest BCUT2D eigenvalue weighted by Crippen LogP contribution is 2.51. The Bertz CT molecular complexity index is 290. The van der Waals surface area contributed by atoms with Gasteiger partial charge in [0.15, 0.2) is 0 Å². The van der Waals surface area contributed by atoms with Crippen LogP contribution in [0, 0.1) is 40.9 Å². The van der Waals surface area contributed by atoms with Crippen LogP contribution in [0.2, 0.25) is 0 Å². The molecule has 1 saturated carbocycles. The second-order valence-electron chi connectivity index (χ2n) is 9.64. The molecule has 3 atom stereocenters. The third-order valence-corrected chi connectivity index (χ3v) is 6.78. The van der Waals surface area contributed by atoms with Gasteiger partial charge in [-0.15, -0.1) is 0 Å². The first-order valence-corrected chi connectivity index (χ1v) is 12.2. The molecule has 0 saturated heterocycles. The molecule has 0 aromatic carbocycles. The van der Waals surface area contributed by atoms with Crippen molar-refractivity contribution < 1.29 is 0 Å². The van der Waals surface area contributed by atoms with Gasteiger partial charge in [-0.3, -0.25) is 0 Å². The Morgan fingerprint density at radius 1 is 0.852 bits per heavy atom. The van der Waals surface area contributed by atoms with E-state index in [-0.39, 0.29) is 7.43 Å². The molecule has 0 radical (unpaired) electrons. The van der Waals surface area contributed by atoms with Crippen LogP contribution >= 0.6 is 0 Å². The van der Waals surface area contributed by atoms with Crippen molar-refractivity contribution in [2.24, 2.45) is 40.9 Å². The minimum absolute atomic E-state index is 0. The van der Waals surface area contributed by atoms with Crippen LogP contribution in [0.5, 0.6) is 0 Å². The Morgan fingerprint density at radius 3 is 1.67 bits per heavy atom. The van der Waals surface area contributed by atoms with Crippen molar-refractivity contribution in [1.29, 1.82) is 0 Å². The first kappa shape index (κ1) is 31.7. The third kappa shape index (κ3) is 10.9. The lowest BCUT2D eigenvalue weighted by molar-refractivity contribution is 0.00337. The number of unbranched alkanes of at least 4 members (excludes halogenated alkanes) is 2. The fourth-order valence-corrected chi connectivity index (χ4v) is 5.01. The molecule has 1 aliphatic carbocycles. The average Bonchev–Trinajstić information content (AvgIpc) is 2.57. The smallest absolute Gasteiger partial charge is 0.0331 e. The van der Waals surface area contributed by atoms with Crippen LogP contribution in [0.25, 0.3) is 0 Å². The van der Waals surface area contributed by atoms with Gasteiger partial charge >= 0.3 is 0 Å². The Morgan fingerprint density at radius 2 is 1.33 bits per heavy atom. The van der Waals surface area contributed by atoms with Gasteiger partial charge in [0, 0.05) is 0 Å². The predicted molar refractivity (Wildman–Crippen MR) is 131 cm³/mol. The van der Waals surface area contributed by atoms with Crippen LogP contribution in [0.15, 0.2) is 0 Å². The summed E-state index contributed by atoms with van der Waals surface area (Å²) in [5.41, 5.74) is 0.443. The molecule has 27 heavy (non-hydrogen) atoms. The molecule has 0 aromatic heterocycles. The molecule has 1 aliphatic rings. The van der Waals surface area contributed by atoms with Crippen molar-refractivity contribution in [3.05, 3.63) is 0 Å². The van der Waals surface area contributed by atoms with E-state index < -0.39 is 0 Å². The quantitative estimate of drug-likeness (QED) is 0.347. The van der Waals surface area contributed by atoms with Crippen LogP contribution in [0.4, 0.5) is 0 Å². The highest BCUT2D eigenvalue weighted by atomic mass is 14.5. The van der Waals surface area contributed by atoms with Gasteiger partial charge < -0.3 is 0 Å². The molecule has 1 fully saturated rings. The molecule has 0 spiro atoms. The maximum Gasteiger partial charge on any atom is -0.0331 e. The summed E-state index contributed by atoms with van der Waals surface area (Å²) in [6, 6.07) is 0. The van der Waals surface area contributed by atoms with E-state index in [1.807, 2.05) is 27.7 Å². The van der Waals surface area contributed by atoms with Gasteiger partial charge in [0.2, 0.25) is 0 Å². The summed E-state index contributed by atoms with van der Waals surface area (Å²) < 4.78 is 0. The topological polar surface area (TPSA) is 0 Å². The van der Waals surface area contributed by atoms with Gasteiger partial charge in [0.25, 0.3) is 0 Å². The zero-order chi connectivity index (χ0) is 20.9. The van der Waals surface area contributed by atoms with E-state index in [1.54, 1.807) is 0 Å². The molecule has 1 rings (SSSR count). The van der Waals surface area contributed by atoms with E-state index in [0.717, 1.165) is 35.5 Å². The SMILES string of the molecule is C.CC.CC.CCCCCC1CC(C(C(C)C)C(CC)C(C)C(C)(C)C)C1. The van der Waals surface area contributed by atoms with Crippen LogP contribution in [-0.2, 0) is 0 Å². The molecule has 0 bridgehead atoms. The van der Waals surface area contributed by atoms with Crippen molar-refractivity contribution in [1.82, 2.24) is 0 Å². The molecule has 0 nitrogen and oxygen atoms in total. The lowest BCUT2D eigenvalue weighted by atomic mass is 9.56. The van der Waals surface area contributed by atoms with E-state index >= 15 is 0 Å². The molecule has 0 aromatic rings. The number of rotatable bonds is 9. The summed E-state index contributed by atoms with van der Waals surface area (Å²) in [6.45, 7) is 27.5. The summed E-state index contributed by atoms with van der Waals surface area (Å²) >= 11 is 0. The lowest BCUT2D eigenvalue weighted by Crippen LogP contribution is -2.41. The van der Waals surface area contributed by atoms with E-state index in [2.05, 4.69) is 55.4 Å².